The quantitative estimate of drug-likeness (QED) is 0.574. The molecule has 0 bridgehead atoms. The summed E-state index contributed by atoms with van der Waals surface area (Å²) < 4.78 is 7.34. The Bertz CT molecular complexity index is 1080. The summed E-state index contributed by atoms with van der Waals surface area (Å²) in [5.41, 5.74) is 1.06. The highest BCUT2D eigenvalue weighted by atomic mass is 16.5. The van der Waals surface area contributed by atoms with Gasteiger partial charge in [-0.2, -0.15) is 0 Å². The molecule has 1 aliphatic rings. The highest BCUT2D eigenvalue weighted by Crippen LogP contribution is 2.35. The molecular weight excluding hydrogens is 392 g/mol. The lowest BCUT2D eigenvalue weighted by Crippen LogP contribution is -2.55. The topological polar surface area (TPSA) is 77.3 Å². The smallest absolute Gasteiger partial charge is 0.332 e. The van der Waals surface area contributed by atoms with E-state index in [2.05, 4.69) is 9.97 Å². The van der Waals surface area contributed by atoms with E-state index in [1.807, 2.05) is 54.1 Å². The normalized spacial score (nSPS) is 18.2. The Kier molecular flexibility index (Phi) is 5.84. The van der Waals surface area contributed by atoms with Gasteiger partial charge in [0.2, 0.25) is 0 Å². The van der Waals surface area contributed by atoms with Gasteiger partial charge in [0.15, 0.2) is 0 Å². The van der Waals surface area contributed by atoms with Gasteiger partial charge < -0.3 is 14.2 Å². The maximum Gasteiger partial charge on any atom is 0.332 e. The Morgan fingerprint density at radius 1 is 1.13 bits per heavy atom. The van der Waals surface area contributed by atoms with Gasteiger partial charge in [-0.3, -0.25) is 9.78 Å². The van der Waals surface area contributed by atoms with Gasteiger partial charge in [0, 0.05) is 31.6 Å². The number of likely N-dealkylation sites (tertiary alicyclic amines) is 1. The van der Waals surface area contributed by atoms with Crippen LogP contribution >= 0.6 is 0 Å². The zero-order chi connectivity index (χ0) is 21.8. The van der Waals surface area contributed by atoms with Crippen LogP contribution in [-0.4, -0.2) is 50.0 Å². The summed E-state index contributed by atoms with van der Waals surface area (Å²) in [5.74, 6) is 0.197. The Hall–Kier alpha value is -3.48. The second-order valence-corrected chi connectivity index (χ2v) is 7.72. The summed E-state index contributed by atoms with van der Waals surface area (Å²) in [6.07, 6.45) is 6.88. The van der Waals surface area contributed by atoms with Gasteiger partial charge in [0.05, 0.1) is 12.3 Å². The fourth-order valence-corrected chi connectivity index (χ4v) is 4.32. The molecule has 160 valence electrons. The second kappa shape index (κ2) is 8.71. The molecule has 0 saturated carbocycles. The summed E-state index contributed by atoms with van der Waals surface area (Å²) in [5, 5.41) is 0. The molecule has 1 atom stereocenters. The Labute approximate surface area is 181 Å². The van der Waals surface area contributed by atoms with Crippen molar-refractivity contribution in [2.75, 3.05) is 13.2 Å². The van der Waals surface area contributed by atoms with Crippen LogP contribution in [0.1, 0.15) is 41.6 Å². The van der Waals surface area contributed by atoms with E-state index in [1.54, 1.807) is 30.3 Å². The van der Waals surface area contributed by atoms with E-state index in [4.69, 9.17) is 4.74 Å². The average molecular weight is 418 g/mol. The lowest BCUT2D eigenvalue weighted by Gasteiger charge is -2.36. The molecule has 3 aromatic rings. The van der Waals surface area contributed by atoms with Crippen molar-refractivity contribution < 1.29 is 14.3 Å². The van der Waals surface area contributed by atoms with Gasteiger partial charge in [-0.1, -0.05) is 30.3 Å². The molecule has 1 aliphatic heterocycles. The predicted molar refractivity (Wildman–Crippen MR) is 116 cm³/mol. The van der Waals surface area contributed by atoms with Gasteiger partial charge in [0.25, 0.3) is 5.91 Å². The van der Waals surface area contributed by atoms with E-state index in [1.165, 1.54) is 0 Å². The van der Waals surface area contributed by atoms with Gasteiger partial charge in [-0.05, 0) is 44.4 Å². The van der Waals surface area contributed by atoms with Crippen molar-refractivity contribution in [1.29, 1.82) is 0 Å². The Morgan fingerprint density at radius 3 is 2.65 bits per heavy atom. The van der Waals surface area contributed by atoms with E-state index in [9.17, 15) is 9.59 Å². The summed E-state index contributed by atoms with van der Waals surface area (Å²) in [6, 6.07) is 13.3. The zero-order valence-corrected chi connectivity index (χ0v) is 17.8. The third-order valence-electron chi connectivity index (χ3n) is 5.80. The van der Waals surface area contributed by atoms with Crippen molar-refractivity contribution in [2.24, 2.45) is 0 Å². The van der Waals surface area contributed by atoms with Crippen LogP contribution in [0.2, 0.25) is 0 Å². The number of hydrogen-bond donors (Lipinski definition) is 0. The number of pyridine rings is 1. The average Bonchev–Trinajstić information content (AvgIpc) is 3.41. The molecule has 1 amide bonds. The van der Waals surface area contributed by atoms with Crippen LogP contribution < -0.4 is 0 Å². The first kappa shape index (κ1) is 20.8. The van der Waals surface area contributed by atoms with Crippen LogP contribution in [0.3, 0.4) is 0 Å². The van der Waals surface area contributed by atoms with Crippen molar-refractivity contribution in [3.63, 3.8) is 0 Å². The standard InChI is InChI=1S/C24H26N4O3/c1-3-31-23(30)24(17-19-8-5-4-6-9-19)11-7-14-28(24)22(29)21-16-20(10-12-26-21)27-15-13-25-18(27)2/h4-6,8-10,12-13,15-16H,3,7,11,14,17H2,1-2H3/t24-/m1/s1. The van der Waals surface area contributed by atoms with Gasteiger partial charge in [0.1, 0.15) is 17.1 Å². The molecule has 31 heavy (non-hydrogen) atoms. The molecule has 1 saturated heterocycles. The molecule has 0 spiro atoms. The number of rotatable bonds is 6. The number of aryl methyl sites for hydroxylation is 1. The lowest BCUT2D eigenvalue weighted by atomic mass is 9.87. The van der Waals surface area contributed by atoms with Crippen LogP contribution in [0.15, 0.2) is 61.1 Å². The third-order valence-corrected chi connectivity index (χ3v) is 5.80. The number of aromatic nitrogens is 3. The maximum atomic E-state index is 13.6. The van der Waals surface area contributed by atoms with E-state index < -0.39 is 5.54 Å². The Balaban J connectivity index is 1.70. The maximum absolute atomic E-state index is 13.6. The fraction of sp³-hybridized carbons (Fsp3) is 0.333. The molecule has 1 aromatic carbocycles. The highest BCUT2D eigenvalue weighted by Gasteiger charge is 2.51. The summed E-state index contributed by atoms with van der Waals surface area (Å²) >= 11 is 0. The molecule has 0 radical (unpaired) electrons. The minimum absolute atomic E-state index is 0.263. The summed E-state index contributed by atoms with van der Waals surface area (Å²) in [4.78, 5) is 37.0. The number of esters is 1. The molecule has 7 nitrogen and oxygen atoms in total. The van der Waals surface area contributed by atoms with Crippen LogP contribution in [-0.2, 0) is 16.0 Å². The van der Waals surface area contributed by atoms with Gasteiger partial charge in [-0.25, -0.2) is 9.78 Å². The molecule has 2 aromatic heterocycles. The number of ether oxygens (including phenoxy) is 1. The molecule has 0 N–H and O–H groups in total. The molecule has 3 heterocycles. The first-order valence-corrected chi connectivity index (χ1v) is 10.5. The lowest BCUT2D eigenvalue weighted by molar-refractivity contribution is -0.154. The van der Waals surface area contributed by atoms with Crippen LogP contribution in [0.5, 0.6) is 0 Å². The number of carbonyl (C=O) groups excluding carboxylic acids is 2. The second-order valence-electron chi connectivity index (χ2n) is 7.72. The fourth-order valence-electron chi connectivity index (χ4n) is 4.32. The van der Waals surface area contributed by atoms with Crippen molar-refractivity contribution in [3.05, 3.63) is 78.1 Å². The monoisotopic (exact) mass is 418 g/mol. The number of carbonyl (C=O) groups is 2. The van der Waals surface area contributed by atoms with Crippen LogP contribution in [0, 0.1) is 6.92 Å². The minimum Gasteiger partial charge on any atom is -0.464 e. The molecule has 0 unspecified atom stereocenters. The number of benzene rings is 1. The van der Waals surface area contributed by atoms with E-state index in [-0.39, 0.29) is 18.5 Å². The zero-order valence-electron chi connectivity index (χ0n) is 17.8. The molecular formula is C24H26N4O3. The number of nitrogens with zero attached hydrogens (tertiary/aromatic N) is 4. The largest absolute Gasteiger partial charge is 0.464 e. The molecule has 4 rings (SSSR count). The minimum atomic E-state index is -1.03. The number of imidazole rings is 1. The van der Waals surface area contributed by atoms with E-state index in [0.717, 1.165) is 23.5 Å². The third kappa shape index (κ3) is 3.95. The number of hydrogen-bond acceptors (Lipinski definition) is 5. The summed E-state index contributed by atoms with van der Waals surface area (Å²) in [7, 11) is 0. The summed E-state index contributed by atoms with van der Waals surface area (Å²) in [6.45, 7) is 4.44. The molecule has 1 fully saturated rings. The first-order valence-electron chi connectivity index (χ1n) is 10.5. The predicted octanol–water partition coefficient (Wildman–Crippen LogP) is 3.36. The SMILES string of the molecule is CCOC(=O)[C@]1(Cc2ccccc2)CCCN1C(=O)c1cc(-n2ccnc2C)ccn1. The van der Waals surface area contributed by atoms with Crippen molar-refractivity contribution in [3.8, 4) is 5.69 Å². The van der Waals surface area contributed by atoms with Gasteiger partial charge >= 0.3 is 5.97 Å². The number of amides is 1. The molecule has 7 heteroatoms. The van der Waals surface area contributed by atoms with Gasteiger partial charge in [-0.15, -0.1) is 0 Å². The van der Waals surface area contributed by atoms with Crippen molar-refractivity contribution in [2.45, 2.75) is 38.6 Å². The molecule has 0 aliphatic carbocycles. The Morgan fingerprint density at radius 2 is 1.94 bits per heavy atom. The highest BCUT2D eigenvalue weighted by molar-refractivity contribution is 5.97. The van der Waals surface area contributed by atoms with E-state index >= 15 is 0 Å². The van der Waals surface area contributed by atoms with Crippen LogP contribution in [0.4, 0.5) is 0 Å². The van der Waals surface area contributed by atoms with Crippen LogP contribution in [0.25, 0.3) is 5.69 Å². The van der Waals surface area contributed by atoms with Crippen molar-refractivity contribution in [1.82, 2.24) is 19.4 Å². The van der Waals surface area contributed by atoms with Crippen molar-refractivity contribution >= 4 is 11.9 Å². The first-order chi connectivity index (χ1) is 15.0. The van der Waals surface area contributed by atoms with E-state index in [0.29, 0.717) is 25.1 Å².